The van der Waals surface area contributed by atoms with Crippen molar-refractivity contribution < 1.29 is 8.42 Å². The largest absolute Gasteiger partial charge is 0.382 e. The van der Waals surface area contributed by atoms with E-state index >= 15 is 0 Å². The predicted molar refractivity (Wildman–Crippen MR) is 126 cm³/mol. The highest BCUT2D eigenvalue weighted by molar-refractivity contribution is 7.92. The zero-order chi connectivity index (χ0) is 22.3. The zero-order valence-electron chi connectivity index (χ0n) is 17.2. The van der Waals surface area contributed by atoms with E-state index in [1.54, 1.807) is 30.5 Å². The van der Waals surface area contributed by atoms with Crippen molar-refractivity contribution in [3.05, 3.63) is 90.0 Å². The number of fused-ring (bicyclic) bond motifs is 2. The zero-order valence-corrected chi connectivity index (χ0v) is 18.0. The Morgan fingerprint density at radius 2 is 1.50 bits per heavy atom. The molecule has 32 heavy (non-hydrogen) atoms. The van der Waals surface area contributed by atoms with E-state index in [-0.39, 0.29) is 26.8 Å². The second-order valence-corrected chi connectivity index (χ2v) is 9.27. The molecule has 0 bridgehead atoms. The average Bonchev–Trinajstić information content (AvgIpc) is 3.08. The van der Waals surface area contributed by atoms with Crippen molar-refractivity contribution in [2.24, 2.45) is 5.10 Å². The Morgan fingerprint density at radius 3 is 2.19 bits per heavy atom. The predicted octanol–water partition coefficient (Wildman–Crippen LogP) is 4.19. The van der Waals surface area contributed by atoms with Crippen LogP contribution in [0.1, 0.15) is 11.1 Å². The Balaban J connectivity index is 1.79. The molecule has 158 valence electrons. The maximum atomic E-state index is 13.5. The highest BCUT2D eigenvalue weighted by Gasteiger charge is 2.30. The van der Waals surface area contributed by atoms with Crippen molar-refractivity contribution in [3.8, 4) is 0 Å². The molecule has 0 aliphatic carbocycles. The van der Waals surface area contributed by atoms with Gasteiger partial charge in [-0.25, -0.2) is 18.4 Å². The minimum absolute atomic E-state index is 0.0393. The first kappa shape index (κ1) is 19.9. The summed E-state index contributed by atoms with van der Waals surface area (Å²) < 4.78 is 28.4. The lowest BCUT2D eigenvalue weighted by Gasteiger charge is -2.04. The summed E-state index contributed by atoms with van der Waals surface area (Å²) in [5.41, 5.74) is 10.0. The molecule has 0 fully saturated rings. The number of hydrogen-bond donors (Lipinski definition) is 1. The monoisotopic (exact) mass is 441 g/mol. The van der Waals surface area contributed by atoms with Crippen molar-refractivity contribution >= 4 is 44.1 Å². The molecule has 0 unspecified atom stereocenters. The fraction of sp³-hybridized carbons (Fsp3) is 0.0417. The summed E-state index contributed by atoms with van der Waals surface area (Å²) in [6.45, 7) is 2.00. The van der Waals surface area contributed by atoms with Crippen LogP contribution in [0, 0.1) is 6.92 Å². The van der Waals surface area contributed by atoms with Gasteiger partial charge in [-0.1, -0.05) is 60.2 Å². The third-order valence-corrected chi connectivity index (χ3v) is 6.98. The number of aryl methyl sites for hydroxylation is 1. The summed E-state index contributed by atoms with van der Waals surface area (Å²) in [6.07, 6.45) is 1.62. The highest BCUT2D eigenvalue weighted by Crippen LogP contribution is 2.35. The number of nitrogens with two attached hydrogens (primary N) is 1. The van der Waals surface area contributed by atoms with E-state index in [1.165, 1.54) is 16.8 Å². The number of rotatable bonds is 4. The van der Waals surface area contributed by atoms with E-state index in [0.29, 0.717) is 11.0 Å². The van der Waals surface area contributed by atoms with E-state index < -0.39 is 9.84 Å². The first-order valence-electron chi connectivity index (χ1n) is 9.93. The molecule has 0 aliphatic rings. The topological polar surface area (TPSA) is 103 Å². The first-order chi connectivity index (χ1) is 15.4. The van der Waals surface area contributed by atoms with Crippen molar-refractivity contribution in [1.82, 2.24) is 14.6 Å². The second kappa shape index (κ2) is 7.58. The maximum Gasteiger partial charge on any atom is 0.212 e. The summed E-state index contributed by atoms with van der Waals surface area (Å²) >= 11 is 0. The van der Waals surface area contributed by atoms with Gasteiger partial charge in [0.15, 0.2) is 5.65 Å². The third-order valence-electron chi connectivity index (χ3n) is 5.15. The van der Waals surface area contributed by atoms with Gasteiger partial charge in [0.05, 0.1) is 22.1 Å². The van der Waals surface area contributed by atoms with Crippen LogP contribution in [0.3, 0.4) is 0 Å². The molecule has 2 heterocycles. The van der Waals surface area contributed by atoms with Crippen LogP contribution in [0.2, 0.25) is 0 Å². The molecule has 0 spiro atoms. The Hall–Kier alpha value is -4.04. The lowest BCUT2D eigenvalue weighted by molar-refractivity contribution is 0.597. The molecule has 0 aliphatic heterocycles. The summed E-state index contributed by atoms with van der Waals surface area (Å²) in [4.78, 5) is 9.27. The molecular formula is C24H19N5O2S. The van der Waals surface area contributed by atoms with Crippen LogP contribution in [-0.4, -0.2) is 29.3 Å². The molecule has 0 amide bonds. The fourth-order valence-corrected chi connectivity index (χ4v) is 5.00. The number of nitrogens with zero attached hydrogens (tertiary/aromatic N) is 4. The highest BCUT2D eigenvalue weighted by atomic mass is 32.2. The van der Waals surface area contributed by atoms with Crippen LogP contribution in [0.15, 0.2) is 93.8 Å². The number of aromatic nitrogens is 3. The number of anilines is 1. The first-order valence-corrected chi connectivity index (χ1v) is 11.4. The summed E-state index contributed by atoms with van der Waals surface area (Å²) in [5, 5.41) is 4.47. The van der Waals surface area contributed by atoms with Crippen molar-refractivity contribution in [3.63, 3.8) is 0 Å². The number of benzene rings is 3. The van der Waals surface area contributed by atoms with Crippen LogP contribution in [0.5, 0.6) is 0 Å². The molecule has 8 heteroatoms. The second-order valence-electron chi connectivity index (χ2n) is 7.38. The lowest BCUT2D eigenvalue weighted by Crippen LogP contribution is -2.06. The Labute approximate surface area is 184 Å². The normalized spacial score (nSPS) is 12.2. The SMILES string of the molecule is Cc1ccc(C=Nn2c(N)c(S(=O)(=O)c3ccccc3)c3nc4ccccc4nc32)cc1. The van der Waals surface area contributed by atoms with Gasteiger partial charge in [0, 0.05) is 0 Å². The van der Waals surface area contributed by atoms with E-state index in [0.717, 1.165) is 11.1 Å². The van der Waals surface area contributed by atoms with Gasteiger partial charge in [0.2, 0.25) is 9.84 Å². The number of sulfone groups is 1. The van der Waals surface area contributed by atoms with Crippen molar-refractivity contribution in [1.29, 1.82) is 0 Å². The molecule has 5 aromatic rings. The summed E-state index contributed by atoms with van der Waals surface area (Å²) in [7, 11) is -3.95. The van der Waals surface area contributed by atoms with Crippen LogP contribution >= 0.6 is 0 Å². The third kappa shape index (κ3) is 3.30. The van der Waals surface area contributed by atoms with Crippen LogP contribution in [-0.2, 0) is 9.84 Å². The Bertz CT molecular complexity index is 1590. The van der Waals surface area contributed by atoms with E-state index in [4.69, 9.17) is 5.73 Å². The number of nitrogen functional groups attached to an aromatic ring is 1. The van der Waals surface area contributed by atoms with Crippen molar-refractivity contribution in [2.75, 3.05) is 5.73 Å². The quantitative estimate of drug-likeness (QED) is 0.421. The Kier molecular flexibility index (Phi) is 4.71. The fourth-order valence-electron chi connectivity index (χ4n) is 3.50. The Morgan fingerprint density at radius 1 is 0.875 bits per heavy atom. The molecule has 2 N–H and O–H groups in total. The van der Waals surface area contributed by atoms with Gasteiger partial charge in [-0.3, -0.25) is 0 Å². The van der Waals surface area contributed by atoms with E-state index in [2.05, 4.69) is 15.1 Å². The minimum atomic E-state index is -3.95. The molecular weight excluding hydrogens is 422 g/mol. The van der Waals surface area contributed by atoms with E-state index in [1.807, 2.05) is 49.4 Å². The van der Waals surface area contributed by atoms with Gasteiger partial charge < -0.3 is 5.73 Å². The molecule has 0 saturated carbocycles. The standard InChI is InChI=1S/C24H19N5O2S/c1-16-11-13-17(14-12-16)15-26-29-23(25)22(32(30,31)18-7-3-2-4-8-18)21-24(29)28-20-10-6-5-9-19(20)27-21/h2-15H,25H2,1H3. The molecule has 2 aromatic heterocycles. The number of para-hydroxylation sites is 2. The van der Waals surface area contributed by atoms with Crippen LogP contribution in [0.25, 0.3) is 22.2 Å². The van der Waals surface area contributed by atoms with E-state index in [9.17, 15) is 8.42 Å². The number of hydrogen-bond acceptors (Lipinski definition) is 6. The van der Waals surface area contributed by atoms with Crippen molar-refractivity contribution in [2.45, 2.75) is 16.7 Å². The molecule has 0 saturated heterocycles. The maximum absolute atomic E-state index is 13.5. The van der Waals surface area contributed by atoms with Gasteiger partial charge in [0.1, 0.15) is 16.2 Å². The summed E-state index contributed by atoms with van der Waals surface area (Å²) in [6, 6.07) is 23.2. The molecule has 7 nitrogen and oxygen atoms in total. The minimum Gasteiger partial charge on any atom is -0.382 e. The van der Waals surface area contributed by atoms with Gasteiger partial charge >= 0.3 is 0 Å². The molecule has 3 aromatic carbocycles. The summed E-state index contributed by atoms with van der Waals surface area (Å²) in [5.74, 6) is -0.0393. The molecule has 5 rings (SSSR count). The van der Waals surface area contributed by atoms with Gasteiger partial charge in [0.25, 0.3) is 0 Å². The lowest BCUT2D eigenvalue weighted by atomic mass is 10.2. The van der Waals surface area contributed by atoms with Crippen LogP contribution in [0.4, 0.5) is 5.82 Å². The van der Waals surface area contributed by atoms with Crippen LogP contribution < -0.4 is 5.73 Å². The van der Waals surface area contributed by atoms with Gasteiger partial charge in [-0.05, 0) is 36.8 Å². The van der Waals surface area contributed by atoms with Gasteiger partial charge in [-0.15, -0.1) is 0 Å². The average molecular weight is 442 g/mol. The smallest absolute Gasteiger partial charge is 0.212 e. The molecule has 0 atom stereocenters. The molecule has 0 radical (unpaired) electrons. The van der Waals surface area contributed by atoms with Gasteiger partial charge in [-0.2, -0.15) is 9.78 Å².